The van der Waals surface area contributed by atoms with Gasteiger partial charge in [0.1, 0.15) is 12.4 Å². The van der Waals surface area contributed by atoms with E-state index in [1.165, 1.54) is 5.56 Å². The average Bonchev–Trinajstić information content (AvgIpc) is 2.67. The average molecular weight is 413 g/mol. The molecule has 1 aliphatic heterocycles. The Labute approximate surface area is 166 Å². The van der Waals surface area contributed by atoms with Crippen LogP contribution in [0.2, 0.25) is 0 Å². The minimum Gasteiger partial charge on any atom is -0.491 e. The second kappa shape index (κ2) is 10.1. The second-order valence-corrected chi connectivity index (χ2v) is 7.89. The molecule has 0 saturated carbocycles. The zero-order valence-electron chi connectivity index (χ0n) is 15.2. The largest absolute Gasteiger partial charge is 0.491 e. The summed E-state index contributed by atoms with van der Waals surface area (Å²) in [5.41, 5.74) is 2.43. The maximum atomic E-state index is 12.6. The number of halogens is 1. The Morgan fingerprint density at radius 3 is 2.59 bits per heavy atom. The van der Waals surface area contributed by atoms with Gasteiger partial charge in [0, 0.05) is 19.7 Å². The first-order valence-corrected chi connectivity index (χ1v) is 10.1. The molecule has 6 nitrogen and oxygen atoms in total. The van der Waals surface area contributed by atoms with Crippen LogP contribution >= 0.6 is 12.4 Å². The smallest absolute Gasteiger partial charge is 0.240 e. The van der Waals surface area contributed by atoms with Crippen LogP contribution in [0.3, 0.4) is 0 Å². The molecule has 0 bridgehead atoms. The standard InChI is InChI=1S/C19H24N2O4S.ClH/c1-24-12-13-25-16-6-8-17(9-7-16)26(22,23)21-14-19-18-5-3-2-4-15(18)10-11-20-19;/h2-9,19-21H,10-14H2,1H3;1H. The molecule has 1 aliphatic rings. The molecule has 0 aromatic heterocycles. The molecule has 2 aromatic rings. The van der Waals surface area contributed by atoms with Crippen LogP contribution in [0.5, 0.6) is 5.75 Å². The van der Waals surface area contributed by atoms with E-state index in [0.717, 1.165) is 18.5 Å². The Morgan fingerprint density at radius 2 is 1.85 bits per heavy atom. The Hall–Kier alpha value is -1.64. The third kappa shape index (κ3) is 5.67. The van der Waals surface area contributed by atoms with Gasteiger partial charge < -0.3 is 14.8 Å². The normalized spacial score (nSPS) is 16.3. The first-order valence-electron chi connectivity index (χ1n) is 8.63. The quantitative estimate of drug-likeness (QED) is 0.650. The van der Waals surface area contributed by atoms with Crippen molar-refractivity contribution in [3.8, 4) is 5.75 Å². The first-order chi connectivity index (χ1) is 12.6. The minimum absolute atomic E-state index is 0. The lowest BCUT2D eigenvalue weighted by Crippen LogP contribution is -2.38. The van der Waals surface area contributed by atoms with E-state index in [-0.39, 0.29) is 23.3 Å². The zero-order valence-corrected chi connectivity index (χ0v) is 16.8. The van der Waals surface area contributed by atoms with Gasteiger partial charge in [0.15, 0.2) is 0 Å². The summed E-state index contributed by atoms with van der Waals surface area (Å²) in [6, 6.07) is 14.5. The fraction of sp³-hybridized carbons (Fsp3) is 0.368. The van der Waals surface area contributed by atoms with Crippen LogP contribution in [-0.4, -0.2) is 41.8 Å². The zero-order chi connectivity index (χ0) is 18.4. The van der Waals surface area contributed by atoms with E-state index in [1.807, 2.05) is 18.2 Å². The number of hydrogen-bond donors (Lipinski definition) is 2. The molecule has 148 valence electrons. The molecule has 1 atom stereocenters. The highest BCUT2D eigenvalue weighted by molar-refractivity contribution is 7.89. The molecule has 1 heterocycles. The summed E-state index contributed by atoms with van der Waals surface area (Å²) in [6.07, 6.45) is 0.962. The van der Waals surface area contributed by atoms with Gasteiger partial charge in [-0.1, -0.05) is 24.3 Å². The lowest BCUT2D eigenvalue weighted by atomic mass is 9.95. The summed E-state index contributed by atoms with van der Waals surface area (Å²) in [6.45, 7) is 2.06. The number of fused-ring (bicyclic) bond motifs is 1. The van der Waals surface area contributed by atoms with Crippen LogP contribution < -0.4 is 14.8 Å². The van der Waals surface area contributed by atoms with E-state index in [2.05, 4.69) is 16.1 Å². The molecule has 2 N–H and O–H groups in total. The highest BCUT2D eigenvalue weighted by Crippen LogP contribution is 2.23. The van der Waals surface area contributed by atoms with Gasteiger partial charge >= 0.3 is 0 Å². The maximum Gasteiger partial charge on any atom is 0.240 e. The van der Waals surface area contributed by atoms with Crippen molar-refractivity contribution in [1.29, 1.82) is 0 Å². The number of hydrogen-bond acceptors (Lipinski definition) is 5. The van der Waals surface area contributed by atoms with Crippen LogP contribution in [0, 0.1) is 0 Å². The molecule has 8 heteroatoms. The maximum absolute atomic E-state index is 12.6. The summed E-state index contributed by atoms with van der Waals surface area (Å²) >= 11 is 0. The van der Waals surface area contributed by atoms with Crippen molar-refractivity contribution in [1.82, 2.24) is 10.0 Å². The van der Waals surface area contributed by atoms with Gasteiger partial charge in [0.25, 0.3) is 0 Å². The van der Waals surface area contributed by atoms with Crippen molar-refractivity contribution in [3.63, 3.8) is 0 Å². The van der Waals surface area contributed by atoms with Crippen LogP contribution in [-0.2, 0) is 21.2 Å². The molecule has 27 heavy (non-hydrogen) atoms. The van der Waals surface area contributed by atoms with Gasteiger partial charge in [-0.2, -0.15) is 0 Å². The van der Waals surface area contributed by atoms with Crippen molar-refractivity contribution >= 4 is 22.4 Å². The highest BCUT2D eigenvalue weighted by Gasteiger charge is 2.22. The predicted molar refractivity (Wildman–Crippen MR) is 107 cm³/mol. The molecule has 0 amide bonds. The van der Waals surface area contributed by atoms with Gasteiger partial charge in [-0.25, -0.2) is 13.1 Å². The van der Waals surface area contributed by atoms with Crippen LogP contribution in [0.25, 0.3) is 0 Å². The number of ether oxygens (including phenoxy) is 2. The highest BCUT2D eigenvalue weighted by atomic mass is 35.5. The molecule has 0 aliphatic carbocycles. The third-order valence-electron chi connectivity index (χ3n) is 4.38. The molecular formula is C19H25ClN2O4S. The summed E-state index contributed by atoms with van der Waals surface area (Å²) in [4.78, 5) is 0.223. The Bertz CT molecular complexity index is 828. The molecule has 0 fully saturated rings. The third-order valence-corrected chi connectivity index (χ3v) is 5.82. The van der Waals surface area contributed by atoms with Gasteiger partial charge in [-0.05, 0) is 48.4 Å². The lowest BCUT2D eigenvalue weighted by Gasteiger charge is -2.27. The SMILES string of the molecule is COCCOc1ccc(S(=O)(=O)NCC2NCCc3ccccc32)cc1.Cl. The topological polar surface area (TPSA) is 76.7 Å². The van der Waals surface area contributed by atoms with Crippen LogP contribution in [0.1, 0.15) is 17.2 Å². The molecule has 0 saturated heterocycles. The number of sulfonamides is 1. The number of nitrogens with one attached hydrogen (secondary N) is 2. The summed E-state index contributed by atoms with van der Waals surface area (Å²) in [5.74, 6) is 0.615. The number of benzene rings is 2. The van der Waals surface area contributed by atoms with Crippen molar-refractivity contribution in [2.24, 2.45) is 0 Å². The van der Waals surface area contributed by atoms with Gasteiger partial charge in [-0.3, -0.25) is 0 Å². The lowest BCUT2D eigenvalue weighted by molar-refractivity contribution is 0.146. The van der Waals surface area contributed by atoms with Gasteiger partial charge in [-0.15, -0.1) is 12.4 Å². The fourth-order valence-electron chi connectivity index (χ4n) is 3.01. The molecule has 0 spiro atoms. The van der Waals surface area contributed by atoms with E-state index in [0.29, 0.717) is 25.5 Å². The number of rotatable bonds is 8. The van der Waals surface area contributed by atoms with Crippen molar-refractivity contribution in [2.45, 2.75) is 17.4 Å². The summed E-state index contributed by atoms with van der Waals surface area (Å²) in [7, 11) is -1.97. The second-order valence-electron chi connectivity index (χ2n) is 6.12. The van der Waals surface area contributed by atoms with E-state index < -0.39 is 10.0 Å². The molecule has 0 radical (unpaired) electrons. The van der Waals surface area contributed by atoms with Crippen LogP contribution in [0.15, 0.2) is 53.4 Å². The van der Waals surface area contributed by atoms with Crippen molar-refractivity contribution in [2.75, 3.05) is 33.4 Å². The van der Waals surface area contributed by atoms with Gasteiger partial charge in [0.05, 0.1) is 11.5 Å². The van der Waals surface area contributed by atoms with E-state index in [4.69, 9.17) is 9.47 Å². The monoisotopic (exact) mass is 412 g/mol. The van der Waals surface area contributed by atoms with Gasteiger partial charge in [0.2, 0.25) is 10.0 Å². The van der Waals surface area contributed by atoms with E-state index in [1.54, 1.807) is 31.4 Å². The fourth-order valence-corrected chi connectivity index (χ4v) is 4.06. The predicted octanol–water partition coefficient (Wildman–Crippen LogP) is 2.30. The summed E-state index contributed by atoms with van der Waals surface area (Å²) in [5, 5.41) is 3.38. The first kappa shape index (κ1) is 21.7. The minimum atomic E-state index is -3.57. The Balaban J connectivity index is 0.00000261. The van der Waals surface area contributed by atoms with Crippen molar-refractivity contribution < 1.29 is 17.9 Å². The van der Waals surface area contributed by atoms with E-state index in [9.17, 15) is 8.42 Å². The molecule has 2 aromatic carbocycles. The summed E-state index contributed by atoms with van der Waals surface area (Å²) < 4.78 is 38.2. The van der Waals surface area contributed by atoms with Crippen LogP contribution in [0.4, 0.5) is 0 Å². The molecular weight excluding hydrogens is 388 g/mol. The Morgan fingerprint density at radius 1 is 1.11 bits per heavy atom. The van der Waals surface area contributed by atoms with E-state index >= 15 is 0 Å². The molecule has 3 rings (SSSR count). The molecule has 1 unspecified atom stereocenters. The Kier molecular flexibility index (Phi) is 8.07. The van der Waals surface area contributed by atoms with Crippen molar-refractivity contribution in [3.05, 3.63) is 59.7 Å². The number of methoxy groups -OCH3 is 1.